The lowest BCUT2D eigenvalue weighted by molar-refractivity contribution is 0.0759. The Hall–Kier alpha value is -3.06. The molecule has 0 radical (unpaired) electrons. The fourth-order valence-electron chi connectivity index (χ4n) is 4.22. The second kappa shape index (κ2) is 9.61. The van der Waals surface area contributed by atoms with E-state index in [-0.39, 0.29) is 23.5 Å². The fraction of sp³-hybridized carbons (Fsp3) is 0.360. The monoisotopic (exact) mass is 438 g/mol. The van der Waals surface area contributed by atoms with Crippen LogP contribution in [0.1, 0.15) is 47.8 Å². The van der Waals surface area contributed by atoms with Crippen LogP contribution in [0.4, 0.5) is 8.78 Å². The number of carbonyl (C=O) groups excluding carboxylic acids is 1. The Morgan fingerprint density at radius 1 is 0.938 bits per heavy atom. The summed E-state index contributed by atoms with van der Waals surface area (Å²) < 4.78 is 28.3. The average Bonchev–Trinajstić information content (AvgIpc) is 3.10. The lowest BCUT2D eigenvalue weighted by Crippen LogP contribution is -2.35. The van der Waals surface area contributed by atoms with Crippen molar-refractivity contribution in [3.63, 3.8) is 0 Å². The molecule has 168 valence electrons. The van der Waals surface area contributed by atoms with Gasteiger partial charge in [-0.1, -0.05) is 26.0 Å². The molecular formula is C25H28F2N4O. The first-order chi connectivity index (χ1) is 15.4. The van der Waals surface area contributed by atoms with E-state index in [0.717, 1.165) is 43.0 Å². The Morgan fingerprint density at radius 3 is 2.25 bits per heavy atom. The van der Waals surface area contributed by atoms with Gasteiger partial charge < -0.3 is 4.90 Å². The molecule has 7 heteroatoms. The van der Waals surface area contributed by atoms with Crippen molar-refractivity contribution in [2.75, 3.05) is 26.2 Å². The Kier molecular flexibility index (Phi) is 6.65. The SMILES string of the molecule is CC(C)c1c(C(=O)N2CCCN(Cc3ccc(F)cc3)CC2)cnn1-c1ccc(F)cc1. The number of hydrogen-bond donors (Lipinski definition) is 0. The average molecular weight is 439 g/mol. The molecule has 32 heavy (non-hydrogen) atoms. The van der Waals surface area contributed by atoms with Crippen molar-refractivity contribution >= 4 is 5.91 Å². The highest BCUT2D eigenvalue weighted by Crippen LogP contribution is 2.25. The summed E-state index contributed by atoms with van der Waals surface area (Å²) in [6, 6.07) is 12.7. The van der Waals surface area contributed by atoms with Gasteiger partial charge in [-0.05, 0) is 54.3 Å². The lowest BCUT2D eigenvalue weighted by Gasteiger charge is -2.23. The Balaban J connectivity index is 1.49. The molecule has 0 atom stereocenters. The lowest BCUT2D eigenvalue weighted by atomic mass is 10.0. The summed E-state index contributed by atoms with van der Waals surface area (Å²) in [5.74, 6) is -0.490. The molecule has 1 aliphatic rings. The summed E-state index contributed by atoms with van der Waals surface area (Å²) in [7, 11) is 0. The van der Waals surface area contributed by atoms with Crippen LogP contribution in [0.15, 0.2) is 54.7 Å². The second-order valence-corrected chi connectivity index (χ2v) is 8.53. The minimum absolute atomic E-state index is 0.0225. The van der Waals surface area contributed by atoms with Gasteiger partial charge in [0.1, 0.15) is 11.6 Å². The topological polar surface area (TPSA) is 41.4 Å². The third kappa shape index (κ3) is 4.88. The summed E-state index contributed by atoms with van der Waals surface area (Å²) in [6.45, 7) is 7.74. The quantitative estimate of drug-likeness (QED) is 0.584. The van der Waals surface area contributed by atoms with Crippen LogP contribution < -0.4 is 0 Å². The Labute approximate surface area is 187 Å². The van der Waals surface area contributed by atoms with Gasteiger partial charge in [0.05, 0.1) is 23.1 Å². The van der Waals surface area contributed by atoms with Gasteiger partial charge in [-0.15, -0.1) is 0 Å². The first-order valence-corrected chi connectivity index (χ1v) is 11.0. The summed E-state index contributed by atoms with van der Waals surface area (Å²) in [5.41, 5.74) is 3.22. The highest BCUT2D eigenvalue weighted by Gasteiger charge is 2.26. The normalized spacial score (nSPS) is 15.2. The van der Waals surface area contributed by atoms with E-state index in [4.69, 9.17) is 0 Å². The van der Waals surface area contributed by atoms with E-state index < -0.39 is 0 Å². The van der Waals surface area contributed by atoms with Crippen molar-refractivity contribution in [1.29, 1.82) is 0 Å². The Morgan fingerprint density at radius 2 is 1.59 bits per heavy atom. The molecule has 2 aromatic carbocycles. The van der Waals surface area contributed by atoms with Crippen molar-refractivity contribution in [2.24, 2.45) is 0 Å². The molecule has 3 aromatic rings. The predicted molar refractivity (Wildman–Crippen MR) is 120 cm³/mol. The van der Waals surface area contributed by atoms with Gasteiger partial charge in [-0.25, -0.2) is 13.5 Å². The highest BCUT2D eigenvalue weighted by molar-refractivity contribution is 5.95. The second-order valence-electron chi connectivity index (χ2n) is 8.53. The molecule has 0 spiro atoms. The molecule has 0 bridgehead atoms. The zero-order valence-electron chi connectivity index (χ0n) is 18.5. The number of hydrogen-bond acceptors (Lipinski definition) is 3. The van der Waals surface area contributed by atoms with Gasteiger partial charge in [-0.3, -0.25) is 9.69 Å². The smallest absolute Gasteiger partial charge is 0.257 e. The van der Waals surface area contributed by atoms with E-state index in [9.17, 15) is 13.6 Å². The van der Waals surface area contributed by atoms with Crippen LogP contribution in [-0.2, 0) is 6.54 Å². The van der Waals surface area contributed by atoms with Gasteiger partial charge in [-0.2, -0.15) is 5.10 Å². The molecule has 0 aliphatic carbocycles. The van der Waals surface area contributed by atoms with E-state index in [2.05, 4.69) is 10.00 Å². The van der Waals surface area contributed by atoms with Gasteiger partial charge in [0.15, 0.2) is 0 Å². The van der Waals surface area contributed by atoms with Crippen LogP contribution in [0.25, 0.3) is 5.69 Å². The molecule has 1 fully saturated rings. The maximum atomic E-state index is 13.4. The molecule has 1 saturated heterocycles. The van der Waals surface area contributed by atoms with Crippen LogP contribution in [0, 0.1) is 11.6 Å². The van der Waals surface area contributed by atoms with Crippen molar-refractivity contribution in [2.45, 2.75) is 32.7 Å². The number of halogens is 2. The zero-order chi connectivity index (χ0) is 22.7. The molecule has 0 unspecified atom stereocenters. The number of aromatic nitrogens is 2. The molecular weight excluding hydrogens is 410 g/mol. The van der Waals surface area contributed by atoms with Crippen LogP contribution in [0.3, 0.4) is 0 Å². The minimum Gasteiger partial charge on any atom is -0.337 e. The van der Waals surface area contributed by atoms with Gasteiger partial charge in [0, 0.05) is 32.7 Å². The highest BCUT2D eigenvalue weighted by atomic mass is 19.1. The van der Waals surface area contributed by atoms with Crippen LogP contribution in [0.2, 0.25) is 0 Å². The third-order valence-corrected chi connectivity index (χ3v) is 5.85. The van der Waals surface area contributed by atoms with Crippen molar-refractivity contribution in [3.05, 3.63) is 83.2 Å². The maximum Gasteiger partial charge on any atom is 0.257 e. The molecule has 1 amide bonds. The largest absolute Gasteiger partial charge is 0.337 e. The van der Waals surface area contributed by atoms with Crippen molar-refractivity contribution in [3.8, 4) is 5.69 Å². The third-order valence-electron chi connectivity index (χ3n) is 5.85. The van der Waals surface area contributed by atoms with Gasteiger partial charge in [0.25, 0.3) is 5.91 Å². The number of carbonyl (C=O) groups is 1. The molecule has 4 rings (SSSR count). The maximum absolute atomic E-state index is 13.4. The number of rotatable bonds is 5. The molecule has 1 aromatic heterocycles. The summed E-state index contributed by atoms with van der Waals surface area (Å²) >= 11 is 0. The minimum atomic E-state index is -0.307. The van der Waals surface area contributed by atoms with Gasteiger partial charge >= 0.3 is 0 Å². The van der Waals surface area contributed by atoms with E-state index in [0.29, 0.717) is 18.7 Å². The number of nitrogens with zero attached hydrogens (tertiary/aromatic N) is 4. The summed E-state index contributed by atoms with van der Waals surface area (Å²) in [4.78, 5) is 17.6. The van der Waals surface area contributed by atoms with E-state index in [1.807, 2.05) is 30.9 Å². The van der Waals surface area contributed by atoms with E-state index in [1.54, 1.807) is 23.0 Å². The van der Waals surface area contributed by atoms with Crippen molar-refractivity contribution < 1.29 is 13.6 Å². The van der Waals surface area contributed by atoms with E-state index in [1.165, 1.54) is 24.3 Å². The Bertz CT molecular complexity index is 1060. The van der Waals surface area contributed by atoms with Crippen molar-refractivity contribution in [1.82, 2.24) is 19.6 Å². The van der Waals surface area contributed by atoms with Gasteiger partial charge in [0.2, 0.25) is 0 Å². The molecule has 1 aliphatic heterocycles. The standard InChI is InChI=1S/C25H28F2N4O/c1-18(2)24-23(16-28-31(24)22-10-8-21(27)9-11-22)25(32)30-13-3-12-29(14-15-30)17-19-4-6-20(26)7-5-19/h4-11,16,18H,3,12-15,17H2,1-2H3. The number of benzene rings is 2. The number of amides is 1. The first kappa shape index (κ1) is 22.1. The fourth-order valence-corrected chi connectivity index (χ4v) is 4.22. The summed E-state index contributed by atoms with van der Waals surface area (Å²) in [5, 5.41) is 4.46. The van der Waals surface area contributed by atoms with Crippen LogP contribution in [-0.4, -0.2) is 51.7 Å². The summed E-state index contributed by atoms with van der Waals surface area (Å²) in [6.07, 6.45) is 2.50. The van der Waals surface area contributed by atoms with Crippen LogP contribution in [0.5, 0.6) is 0 Å². The van der Waals surface area contributed by atoms with Crippen LogP contribution >= 0.6 is 0 Å². The van der Waals surface area contributed by atoms with E-state index >= 15 is 0 Å². The zero-order valence-corrected chi connectivity index (χ0v) is 18.5. The molecule has 5 nitrogen and oxygen atoms in total. The molecule has 2 heterocycles. The molecule has 0 N–H and O–H groups in total. The molecule has 0 saturated carbocycles. The predicted octanol–water partition coefficient (Wildman–Crippen LogP) is 4.62. The first-order valence-electron chi connectivity index (χ1n) is 11.0.